The number of ether oxygens (including phenoxy) is 1. The highest BCUT2D eigenvalue weighted by Crippen LogP contribution is 2.29. The third-order valence-electron chi connectivity index (χ3n) is 3.18. The van der Waals surface area contributed by atoms with Gasteiger partial charge in [0.1, 0.15) is 5.75 Å². The van der Waals surface area contributed by atoms with Crippen molar-refractivity contribution in [2.45, 2.75) is 38.3 Å². The third kappa shape index (κ3) is 2.30. The predicted octanol–water partition coefficient (Wildman–Crippen LogP) is 2.33. The van der Waals surface area contributed by atoms with E-state index in [2.05, 4.69) is 18.3 Å². The number of anilines is 1. The molecule has 3 nitrogen and oxygen atoms in total. The molecule has 1 aromatic rings. The number of aliphatic hydroxyl groups excluding tert-OH is 1. The molecule has 1 aliphatic rings. The first-order valence-electron chi connectivity index (χ1n) is 5.80. The van der Waals surface area contributed by atoms with Gasteiger partial charge in [-0.2, -0.15) is 0 Å². The Kier molecular flexibility index (Phi) is 3.34. The fraction of sp³-hybridized carbons (Fsp3) is 0.538. The van der Waals surface area contributed by atoms with Gasteiger partial charge in [-0.05, 0) is 43.9 Å². The number of methoxy groups -OCH3 is 1. The van der Waals surface area contributed by atoms with E-state index in [0.29, 0.717) is 0 Å². The van der Waals surface area contributed by atoms with Crippen LogP contribution in [0.5, 0.6) is 5.75 Å². The Morgan fingerprint density at radius 1 is 1.38 bits per heavy atom. The average Bonchev–Trinajstić information content (AvgIpc) is 2.65. The fourth-order valence-electron chi connectivity index (χ4n) is 2.24. The van der Waals surface area contributed by atoms with Crippen LogP contribution >= 0.6 is 0 Å². The molecule has 0 radical (unpaired) electrons. The van der Waals surface area contributed by atoms with E-state index in [0.717, 1.165) is 30.7 Å². The van der Waals surface area contributed by atoms with Crippen molar-refractivity contribution in [1.82, 2.24) is 0 Å². The molecule has 1 aliphatic carbocycles. The third-order valence-corrected chi connectivity index (χ3v) is 3.18. The first kappa shape index (κ1) is 11.3. The Morgan fingerprint density at radius 3 is 2.81 bits per heavy atom. The van der Waals surface area contributed by atoms with Gasteiger partial charge in [0.15, 0.2) is 0 Å². The van der Waals surface area contributed by atoms with E-state index in [1.807, 2.05) is 12.1 Å². The van der Waals surface area contributed by atoms with Crippen LogP contribution < -0.4 is 10.1 Å². The lowest BCUT2D eigenvalue weighted by Gasteiger charge is -2.20. The molecular formula is C13H19NO2. The van der Waals surface area contributed by atoms with Gasteiger partial charge in [0.25, 0.3) is 0 Å². The van der Waals surface area contributed by atoms with Gasteiger partial charge >= 0.3 is 0 Å². The van der Waals surface area contributed by atoms with E-state index in [9.17, 15) is 5.11 Å². The molecule has 0 spiro atoms. The van der Waals surface area contributed by atoms with Gasteiger partial charge in [-0.25, -0.2) is 0 Å². The van der Waals surface area contributed by atoms with E-state index in [4.69, 9.17) is 4.74 Å². The molecular weight excluding hydrogens is 202 g/mol. The number of hydrogen-bond acceptors (Lipinski definition) is 3. The number of nitrogens with one attached hydrogen (secondary N) is 1. The van der Waals surface area contributed by atoms with Crippen molar-refractivity contribution in [1.29, 1.82) is 0 Å². The van der Waals surface area contributed by atoms with Crippen LogP contribution in [0, 0.1) is 6.92 Å². The van der Waals surface area contributed by atoms with Crippen LogP contribution in [-0.2, 0) is 0 Å². The summed E-state index contributed by atoms with van der Waals surface area (Å²) in [6.45, 7) is 2.05. The molecule has 3 heteroatoms. The molecule has 0 amide bonds. The minimum atomic E-state index is -0.231. The van der Waals surface area contributed by atoms with Gasteiger partial charge in [-0.15, -0.1) is 0 Å². The average molecular weight is 221 g/mol. The van der Waals surface area contributed by atoms with Crippen molar-refractivity contribution in [2.24, 2.45) is 0 Å². The van der Waals surface area contributed by atoms with E-state index < -0.39 is 0 Å². The summed E-state index contributed by atoms with van der Waals surface area (Å²) in [5.41, 5.74) is 2.17. The molecule has 0 saturated heterocycles. The number of aryl methyl sites for hydroxylation is 1. The van der Waals surface area contributed by atoms with Gasteiger partial charge in [-0.1, -0.05) is 6.07 Å². The van der Waals surface area contributed by atoms with Crippen LogP contribution in [0.25, 0.3) is 0 Å². The minimum Gasteiger partial charge on any atom is -0.495 e. The van der Waals surface area contributed by atoms with Crippen molar-refractivity contribution >= 4 is 5.69 Å². The molecule has 0 aromatic heterocycles. The van der Waals surface area contributed by atoms with Gasteiger partial charge in [-0.3, -0.25) is 0 Å². The van der Waals surface area contributed by atoms with Crippen molar-refractivity contribution in [3.63, 3.8) is 0 Å². The molecule has 0 bridgehead atoms. The molecule has 2 unspecified atom stereocenters. The molecule has 2 atom stereocenters. The van der Waals surface area contributed by atoms with Gasteiger partial charge in [0.2, 0.25) is 0 Å². The summed E-state index contributed by atoms with van der Waals surface area (Å²) >= 11 is 0. The summed E-state index contributed by atoms with van der Waals surface area (Å²) in [5, 5.41) is 13.2. The lowest BCUT2D eigenvalue weighted by Crippen LogP contribution is -2.28. The summed E-state index contributed by atoms with van der Waals surface area (Å²) in [7, 11) is 1.67. The second kappa shape index (κ2) is 4.74. The van der Waals surface area contributed by atoms with Gasteiger partial charge < -0.3 is 15.2 Å². The Balaban J connectivity index is 2.16. The largest absolute Gasteiger partial charge is 0.495 e. The van der Waals surface area contributed by atoms with E-state index in [1.165, 1.54) is 5.56 Å². The Labute approximate surface area is 96.4 Å². The fourth-order valence-corrected chi connectivity index (χ4v) is 2.24. The maximum absolute atomic E-state index is 9.78. The Morgan fingerprint density at radius 2 is 2.19 bits per heavy atom. The highest BCUT2D eigenvalue weighted by atomic mass is 16.5. The van der Waals surface area contributed by atoms with Crippen molar-refractivity contribution in [3.8, 4) is 5.75 Å². The van der Waals surface area contributed by atoms with Crippen LogP contribution in [0.15, 0.2) is 18.2 Å². The zero-order valence-corrected chi connectivity index (χ0v) is 9.86. The maximum atomic E-state index is 9.78. The SMILES string of the molecule is COc1ccc(C)cc1NC1CCCC1O. The lowest BCUT2D eigenvalue weighted by molar-refractivity contribution is 0.171. The molecule has 1 fully saturated rings. The van der Waals surface area contributed by atoms with Crippen LogP contribution in [0.1, 0.15) is 24.8 Å². The summed E-state index contributed by atoms with van der Waals surface area (Å²) in [6.07, 6.45) is 2.78. The zero-order valence-electron chi connectivity index (χ0n) is 9.86. The maximum Gasteiger partial charge on any atom is 0.141 e. The van der Waals surface area contributed by atoms with Crippen molar-refractivity contribution < 1.29 is 9.84 Å². The minimum absolute atomic E-state index is 0.163. The number of benzene rings is 1. The zero-order chi connectivity index (χ0) is 11.5. The summed E-state index contributed by atoms with van der Waals surface area (Å²) in [6, 6.07) is 6.20. The second-order valence-electron chi connectivity index (χ2n) is 4.45. The monoisotopic (exact) mass is 221 g/mol. The molecule has 2 rings (SSSR count). The van der Waals surface area contributed by atoms with E-state index in [-0.39, 0.29) is 12.1 Å². The molecule has 0 heterocycles. The van der Waals surface area contributed by atoms with Crippen LogP contribution in [0.2, 0.25) is 0 Å². The molecule has 2 N–H and O–H groups in total. The summed E-state index contributed by atoms with van der Waals surface area (Å²) < 4.78 is 5.30. The number of aliphatic hydroxyl groups is 1. The van der Waals surface area contributed by atoms with E-state index >= 15 is 0 Å². The number of hydrogen-bond donors (Lipinski definition) is 2. The normalized spacial score (nSPS) is 24.4. The molecule has 1 aromatic carbocycles. The summed E-state index contributed by atoms with van der Waals surface area (Å²) in [5.74, 6) is 0.838. The second-order valence-corrected chi connectivity index (χ2v) is 4.45. The van der Waals surface area contributed by atoms with Gasteiger partial charge in [0.05, 0.1) is 24.9 Å². The molecule has 1 saturated carbocycles. The number of rotatable bonds is 3. The lowest BCUT2D eigenvalue weighted by atomic mass is 10.1. The van der Waals surface area contributed by atoms with E-state index in [1.54, 1.807) is 7.11 Å². The smallest absolute Gasteiger partial charge is 0.141 e. The van der Waals surface area contributed by atoms with Crippen molar-refractivity contribution in [2.75, 3.05) is 12.4 Å². The Bertz CT molecular complexity index is 365. The highest BCUT2D eigenvalue weighted by molar-refractivity contribution is 5.58. The standard InChI is InChI=1S/C13H19NO2/c1-9-6-7-13(16-2)11(8-9)14-10-4-3-5-12(10)15/h6-8,10,12,14-15H,3-5H2,1-2H3. The van der Waals surface area contributed by atoms with Crippen LogP contribution in [0.4, 0.5) is 5.69 Å². The molecule has 88 valence electrons. The quantitative estimate of drug-likeness (QED) is 0.823. The van der Waals surface area contributed by atoms with Gasteiger partial charge in [0, 0.05) is 0 Å². The summed E-state index contributed by atoms with van der Waals surface area (Å²) in [4.78, 5) is 0. The Hall–Kier alpha value is -1.22. The topological polar surface area (TPSA) is 41.5 Å². The highest BCUT2D eigenvalue weighted by Gasteiger charge is 2.25. The van der Waals surface area contributed by atoms with Crippen LogP contribution in [0.3, 0.4) is 0 Å². The molecule has 16 heavy (non-hydrogen) atoms. The predicted molar refractivity (Wildman–Crippen MR) is 65.0 cm³/mol. The first-order chi connectivity index (χ1) is 7.70. The molecule has 0 aliphatic heterocycles. The first-order valence-corrected chi connectivity index (χ1v) is 5.80. The van der Waals surface area contributed by atoms with Crippen LogP contribution in [-0.4, -0.2) is 24.4 Å². The van der Waals surface area contributed by atoms with Crippen molar-refractivity contribution in [3.05, 3.63) is 23.8 Å².